The Morgan fingerprint density at radius 3 is 1.13 bits per heavy atom. The molecule has 0 bridgehead atoms. The average molecular weight is 438 g/mol. The molecule has 1 rings (SSSR count). The molecule has 0 aliphatic heterocycles. The Balaban J connectivity index is 0. The first-order chi connectivity index (χ1) is 6.86. The van der Waals surface area contributed by atoms with Crippen LogP contribution in [0.15, 0.2) is 30.3 Å². The molecular formula is C12H25PSn2. The molecule has 0 heterocycles. The average Bonchev–Trinajstić information content (AvgIpc) is 2.03. The van der Waals surface area contributed by atoms with Crippen LogP contribution in [0.25, 0.3) is 0 Å². The SMILES string of the molecule is Pc1ccccc1.[CH3][Sn]([CH3])[CH3].[CH3][Sn]([CH3])[CH3]. The van der Waals surface area contributed by atoms with Gasteiger partial charge in [0.1, 0.15) is 0 Å². The summed E-state index contributed by atoms with van der Waals surface area (Å²) in [4.78, 5) is 14.2. The summed E-state index contributed by atoms with van der Waals surface area (Å²) in [5.41, 5.74) is 0. The quantitative estimate of drug-likeness (QED) is 0.426. The van der Waals surface area contributed by atoms with Crippen molar-refractivity contribution in [3.8, 4) is 0 Å². The zero-order valence-corrected chi connectivity index (χ0v) is 17.8. The second-order valence-corrected chi connectivity index (χ2v) is 22.2. The summed E-state index contributed by atoms with van der Waals surface area (Å²) < 4.78 is 0. The van der Waals surface area contributed by atoms with E-state index < -0.39 is 39.5 Å². The first-order valence-corrected chi connectivity index (χ1v) is 22.9. The molecule has 0 nitrogen and oxygen atoms in total. The van der Waals surface area contributed by atoms with Crippen LogP contribution in [0.2, 0.25) is 29.6 Å². The first kappa shape index (κ1) is 18.6. The van der Waals surface area contributed by atoms with Crippen molar-refractivity contribution in [1.82, 2.24) is 0 Å². The van der Waals surface area contributed by atoms with E-state index >= 15 is 0 Å². The van der Waals surface area contributed by atoms with Crippen LogP contribution in [0.3, 0.4) is 0 Å². The first-order valence-electron chi connectivity index (χ1n) is 5.20. The van der Waals surface area contributed by atoms with Crippen molar-refractivity contribution in [2.24, 2.45) is 0 Å². The van der Waals surface area contributed by atoms with Gasteiger partial charge in [0.05, 0.1) is 0 Å². The predicted octanol–water partition coefficient (Wildman–Crippen LogP) is 3.93. The van der Waals surface area contributed by atoms with Crippen molar-refractivity contribution in [3.05, 3.63) is 30.3 Å². The molecule has 0 amide bonds. The van der Waals surface area contributed by atoms with Crippen LogP contribution < -0.4 is 5.30 Å². The summed E-state index contributed by atoms with van der Waals surface area (Å²) in [6, 6.07) is 10.1. The normalized spacial score (nSPS) is 8.87. The molecule has 15 heavy (non-hydrogen) atoms. The monoisotopic (exact) mass is 440 g/mol. The van der Waals surface area contributed by atoms with Crippen LogP contribution in [-0.2, 0) is 0 Å². The van der Waals surface area contributed by atoms with Crippen LogP contribution in [0.4, 0.5) is 0 Å². The zero-order chi connectivity index (χ0) is 12.3. The van der Waals surface area contributed by atoms with Gasteiger partial charge in [0, 0.05) is 0 Å². The van der Waals surface area contributed by atoms with E-state index in [0.29, 0.717) is 0 Å². The second-order valence-electron chi connectivity index (χ2n) is 4.41. The molecule has 0 spiro atoms. The fourth-order valence-corrected chi connectivity index (χ4v) is 0.675. The molecule has 86 valence electrons. The van der Waals surface area contributed by atoms with Crippen molar-refractivity contribution in [1.29, 1.82) is 0 Å². The standard InChI is InChI=1S/C6H7P.6CH3.2Sn/c7-6-4-2-1-3-5-6;;;;;;;;/h1-5H,7H2;6*1H3;;. The Kier molecular flexibility index (Phi) is 16.5. The molecular weight excluding hydrogens is 413 g/mol. The molecule has 0 aliphatic rings. The van der Waals surface area contributed by atoms with E-state index in [9.17, 15) is 0 Å². The number of hydrogen-bond acceptors (Lipinski definition) is 0. The fraction of sp³-hybridized carbons (Fsp3) is 0.500. The molecule has 0 N–H and O–H groups in total. The Morgan fingerprint density at radius 1 is 0.733 bits per heavy atom. The van der Waals surface area contributed by atoms with Crippen molar-refractivity contribution in [2.75, 3.05) is 0 Å². The van der Waals surface area contributed by atoms with Gasteiger partial charge in [-0.2, -0.15) is 0 Å². The van der Waals surface area contributed by atoms with Crippen LogP contribution in [0.5, 0.6) is 0 Å². The van der Waals surface area contributed by atoms with Gasteiger partial charge in [-0.25, -0.2) is 0 Å². The van der Waals surface area contributed by atoms with Crippen molar-refractivity contribution in [3.63, 3.8) is 0 Å². The zero-order valence-electron chi connectivity index (χ0n) is 11.0. The Hall–Kier alpha value is 1.25. The second kappa shape index (κ2) is 13.3. The van der Waals surface area contributed by atoms with Crippen molar-refractivity contribution < 1.29 is 0 Å². The summed E-state index contributed by atoms with van der Waals surface area (Å²) in [6.07, 6.45) is 0. The molecule has 2 radical (unpaired) electrons. The molecule has 3 heteroatoms. The third-order valence-corrected chi connectivity index (χ3v) is 1.18. The van der Waals surface area contributed by atoms with E-state index in [-0.39, 0.29) is 0 Å². The number of hydrogen-bond donors (Lipinski definition) is 0. The summed E-state index contributed by atoms with van der Waals surface area (Å²) in [6.45, 7) is 0. The Bertz CT molecular complexity index is 199. The van der Waals surface area contributed by atoms with Gasteiger partial charge < -0.3 is 0 Å². The van der Waals surface area contributed by atoms with E-state index in [4.69, 9.17) is 0 Å². The van der Waals surface area contributed by atoms with Crippen LogP contribution in [-0.4, -0.2) is 39.5 Å². The van der Waals surface area contributed by atoms with Gasteiger partial charge in [0.2, 0.25) is 0 Å². The molecule has 0 saturated carbocycles. The van der Waals surface area contributed by atoms with Crippen molar-refractivity contribution >= 4 is 54.1 Å². The van der Waals surface area contributed by atoms with E-state index in [1.807, 2.05) is 30.3 Å². The fourth-order valence-electron chi connectivity index (χ4n) is 0.453. The van der Waals surface area contributed by atoms with E-state index in [2.05, 4.69) is 38.9 Å². The maximum atomic E-state index is 2.63. The Labute approximate surface area is 113 Å². The van der Waals surface area contributed by atoms with Gasteiger partial charge >= 0.3 is 69.2 Å². The van der Waals surface area contributed by atoms with Gasteiger partial charge in [-0.15, -0.1) is 9.24 Å². The predicted molar refractivity (Wildman–Crippen MR) is 82.5 cm³/mol. The van der Waals surface area contributed by atoms with Gasteiger partial charge in [-0.3, -0.25) is 0 Å². The minimum absolute atomic E-state index is 0.543. The molecule has 0 saturated heterocycles. The van der Waals surface area contributed by atoms with Crippen molar-refractivity contribution in [2.45, 2.75) is 29.6 Å². The molecule has 1 unspecified atom stereocenters. The maximum absolute atomic E-state index is 2.63. The number of benzene rings is 1. The summed E-state index contributed by atoms with van der Waals surface area (Å²) in [5, 5.41) is 1.24. The number of rotatable bonds is 0. The molecule has 0 fully saturated rings. The van der Waals surface area contributed by atoms with Crippen LogP contribution >= 0.6 is 9.24 Å². The van der Waals surface area contributed by atoms with Gasteiger partial charge in [0.25, 0.3) is 0 Å². The van der Waals surface area contributed by atoms with Gasteiger partial charge in [-0.05, 0) is 5.30 Å². The van der Waals surface area contributed by atoms with Crippen LogP contribution in [0.1, 0.15) is 0 Å². The summed E-state index contributed by atoms with van der Waals surface area (Å²) in [7, 11) is 2.63. The van der Waals surface area contributed by atoms with E-state index in [0.717, 1.165) is 0 Å². The Morgan fingerprint density at radius 2 is 1.00 bits per heavy atom. The molecule has 1 aromatic carbocycles. The minimum atomic E-state index is -0.543. The third kappa shape index (κ3) is 31.3. The molecule has 1 atom stereocenters. The van der Waals surface area contributed by atoms with Crippen LogP contribution in [0, 0.1) is 0 Å². The summed E-state index contributed by atoms with van der Waals surface area (Å²) in [5.74, 6) is 0. The van der Waals surface area contributed by atoms with E-state index in [1.165, 1.54) is 5.30 Å². The van der Waals surface area contributed by atoms with E-state index in [1.54, 1.807) is 0 Å². The molecule has 1 aromatic rings. The summed E-state index contributed by atoms with van der Waals surface area (Å²) >= 11 is -1.09. The molecule has 0 aromatic heterocycles. The van der Waals surface area contributed by atoms with Gasteiger partial charge in [0.15, 0.2) is 0 Å². The van der Waals surface area contributed by atoms with Gasteiger partial charge in [-0.1, -0.05) is 30.3 Å². The third-order valence-electron chi connectivity index (χ3n) is 0.800. The molecule has 0 aliphatic carbocycles. The topological polar surface area (TPSA) is 0 Å².